The summed E-state index contributed by atoms with van der Waals surface area (Å²) in [5, 5.41) is 6.47. The van der Waals surface area contributed by atoms with Crippen molar-refractivity contribution >= 4 is 16.9 Å². The van der Waals surface area contributed by atoms with Crippen molar-refractivity contribution in [3.05, 3.63) is 48.1 Å². The summed E-state index contributed by atoms with van der Waals surface area (Å²) in [4.78, 5) is 16.9. The predicted molar refractivity (Wildman–Crippen MR) is 80.1 cm³/mol. The van der Waals surface area contributed by atoms with Crippen molar-refractivity contribution in [1.29, 1.82) is 0 Å². The number of amides is 1. The first-order chi connectivity index (χ1) is 10.8. The van der Waals surface area contributed by atoms with Crippen molar-refractivity contribution in [1.82, 2.24) is 20.0 Å². The van der Waals surface area contributed by atoms with Gasteiger partial charge in [0.15, 0.2) is 5.76 Å². The van der Waals surface area contributed by atoms with E-state index in [4.69, 9.17) is 9.51 Å². The quantitative estimate of drug-likeness (QED) is 0.783. The fraction of sp³-hybridized carbons (Fsp3) is 0.312. The lowest BCUT2D eigenvalue weighted by Gasteiger charge is -2.08. The standard InChI is InChI=1S/C16H16N4O2/c21-15(17-9-12-7-8-18-22-12)10-20-14-4-2-1-3-13(14)19-16(20)11-5-6-11/h1-4,7-8,11H,5-6,9-10H2,(H,17,21). The molecular formula is C16H16N4O2. The van der Waals surface area contributed by atoms with E-state index in [1.807, 2.05) is 28.8 Å². The van der Waals surface area contributed by atoms with Crippen molar-refractivity contribution in [3.8, 4) is 0 Å². The molecule has 4 rings (SSSR count). The minimum absolute atomic E-state index is 0.0542. The van der Waals surface area contributed by atoms with Crippen LogP contribution in [-0.2, 0) is 17.9 Å². The predicted octanol–water partition coefficient (Wildman–Crippen LogP) is 2.22. The van der Waals surface area contributed by atoms with Gasteiger partial charge in [0.1, 0.15) is 12.4 Å². The van der Waals surface area contributed by atoms with Crippen molar-refractivity contribution in [2.24, 2.45) is 0 Å². The molecular weight excluding hydrogens is 280 g/mol. The SMILES string of the molecule is O=C(Cn1c(C2CC2)nc2ccccc21)NCc1ccno1. The first kappa shape index (κ1) is 13.1. The number of hydrogen-bond donors (Lipinski definition) is 1. The van der Waals surface area contributed by atoms with E-state index in [-0.39, 0.29) is 12.5 Å². The molecule has 112 valence electrons. The lowest BCUT2D eigenvalue weighted by atomic mass is 10.3. The summed E-state index contributed by atoms with van der Waals surface area (Å²) in [6, 6.07) is 9.69. The molecule has 1 aliphatic carbocycles. The van der Waals surface area contributed by atoms with Gasteiger partial charge in [-0.1, -0.05) is 17.3 Å². The average Bonchev–Trinajstić information content (AvgIpc) is 3.12. The van der Waals surface area contributed by atoms with E-state index < -0.39 is 0 Å². The van der Waals surface area contributed by atoms with Gasteiger partial charge in [0.25, 0.3) is 0 Å². The van der Waals surface area contributed by atoms with Gasteiger partial charge in [0.2, 0.25) is 5.91 Å². The number of rotatable bonds is 5. The van der Waals surface area contributed by atoms with Crippen LogP contribution >= 0.6 is 0 Å². The number of nitrogens with zero attached hydrogens (tertiary/aromatic N) is 3. The van der Waals surface area contributed by atoms with Gasteiger partial charge in [0, 0.05) is 12.0 Å². The molecule has 2 heterocycles. The van der Waals surface area contributed by atoms with E-state index in [0.29, 0.717) is 18.2 Å². The van der Waals surface area contributed by atoms with Crippen LogP contribution in [0.2, 0.25) is 0 Å². The monoisotopic (exact) mass is 296 g/mol. The maximum absolute atomic E-state index is 12.2. The molecule has 1 N–H and O–H groups in total. The Hall–Kier alpha value is -2.63. The third kappa shape index (κ3) is 2.47. The molecule has 1 aliphatic rings. The van der Waals surface area contributed by atoms with E-state index in [0.717, 1.165) is 29.7 Å². The number of aromatic nitrogens is 3. The molecule has 0 saturated heterocycles. The molecule has 6 nitrogen and oxygen atoms in total. The number of hydrogen-bond acceptors (Lipinski definition) is 4. The van der Waals surface area contributed by atoms with E-state index in [1.165, 1.54) is 0 Å². The molecule has 22 heavy (non-hydrogen) atoms. The molecule has 0 unspecified atom stereocenters. The number of carbonyl (C=O) groups is 1. The van der Waals surface area contributed by atoms with Crippen LogP contribution in [0.1, 0.15) is 30.3 Å². The molecule has 0 atom stereocenters. The van der Waals surface area contributed by atoms with E-state index in [2.05, 4.69) is 10.5 Å². The molecule has 1 fully saturated rings. The van der Waals surface area contributed by atoms with Crippen molar-refractivity contribution in [2.45, 2.75) is 31.8 Å². The molecule has 1 saturated carbocycles. The molecule has 0 bridgehead atoms. The molecule has 1 amide bonds. The maximum atomic E-state index is 12.2. The van der Waals surface area contributed by atoms with Gasteiger partial charge in [-0.3, -0.25) is 4.79 Å². The first-order valence-electron chi connectivity index (χ1n) is 7.42. The maximum Gasteiger partial charge on any atom is 0.240 e. The van der Waals surface area contributed by atoms with Crippen molar-refractivity contribution in [2.75, 3.05) is 0 Å². The summed E-state index contributed by atoms with van der Waals surface area (Å²) >= 11 is 0. The van der Waals surface area contributed by atoms with Crippen LogP contribution in [-0.4, -0.2) is 20.6 Å². The minimum atomic E-state index is -0.0542. The Bertz CT molecular complexity index is 803. The smallest absolute Gasteiger partial charge is 0.240 e. The molecule has 2 aromatic heterocycles. The van der Waals surface area contributed by atoms with Crippen LogP contribution < -0.4 is 5.32 Å². The number of benzene rings is 1. The Morgan fingerprint density at radius 1 is 1.32 bits per heavy atom. The molecule has 0 radical (unpaired) electrons. The molecule has 3 aromatic rings. The Kier molecular flexibility index (Phi) is 3.14. The van der Waals surface area contributed by atoms with Crippen LogP contribution in [0, 0.1) is 0 Å². The number of nitrogens with one attached hydrogen (secondary N) is 1. The average molecular weight is 296 g/mol. The van der Waals surface area contributed by atoms with Gasteiger partial charge in [-0.05, 0) is 25.0 Å². The van der Waals surface area contributed by atoms with E-state index in [9.17, 15) is 4.79 Å². The fourth-order valence-corrected chi connectivity index (χ4v) is 2.63. The Morgan fingerprint density at radius 2 is 2.18 bits per heavy atom. The largest absolute Gasteiger partial charge is 0.360 e. The van der Waals surface area contributed by atoms with E-state index in [1.54, 1.807) is 12.3 Å². The number of para-hydroxylation sites is 2. The Morgan fingerprint density at radius 3 is 2.95 bits per heavy atom. The summed E-state index contributed by atoms with van der Waals surface area (Å²) < 4.78 is 7.01. The highest BCUT2D eigenvalue weighted by Gasteiger charge is 2.30. The van der Waals surface area contributed by atoms with Crippen LogP contribution in [0.15, 0.2) is 41.1 Å². The normalized spacial score (nSPS) is 14.4. The lowest BCUT2D eigenvalue weighted by Crippen LogP contribution is -2.27. The second-order valence-corrected chi connectivity index (χ2v) is 5.57. The zero-order valence-electron chi connectivity index (χ0n) is 12.0. The second kappa shape index (κ2) is 5.29. The summed E-state index contributed by atoms with van der Waals surface area (Å²) in [6.45, 7) is 0.630. The summed E-state index contributed by atoms with van der Waals surface area (Å²) in [5.41, 5.74) is 1.96. The van der Waals surface area contributed by atoms with Gasteiger partial charge in [-0.15, -0.1) is 0 Å². The topological polar surface area (TPSA) is 73.0 Å². The Balaban J connectivity index is 1.55. The van der Waals surface area contributed by atoms with Gasteiger partial charge in [-0.25, -0.2) is 4.98 Å². The zero-order chi connectivity index (χ0) is 14.9. The highest BCUT2D eigenvalue weighted by Crippen LogP contribution is 2.40. The van der Waals surface area contributed by atoms with Crippen LogP contribution in [0.3, 0.4) is 0 Å². The highest BCUT2D eigenvalue weighted by atomic mass is 16.5. The summed E-state index contributed by atoms with van der Waals surface area (Å²) in [7, 11) is 0. The van der Waals surface area contributed by atoms with Crippen LogP contribution in [0.5, 0.6) is 0 Å². The number of fused-ring (bicyclic) bond motifs is 1. The van der Waals surface area contributed by atoms with Crippen molar-refractivity contribution < 1.29 is 9.32 Å². The van der Waals surface area contributed by atoms with Gasteiger partial charge < -0.3 is 14.4 Å². The summed E-state index contributed by atoms with van der Waals surface area (Å²) in [5.74, 6) is 2.11. The highest BCUT2D eigenvalue weighted by molar-refractivity contribution is 5.81. The fourth-order valence-electron chi connectivity index (χ4n) is 2.63. The molecule has 0 spiro atoms. The lowest BCUT2D eigenvalue weighted by molar-refractivity contribution is -0.121. The third-order valence-electron chi connectivity index (χ3n) is 3.88. The molecule has 6 heteroatoms. The zero-order valence-corrected chi connectivity index (χ0v) is 12.0. The molecule has 0 aliphatic heterocycles. The van der Waals surface area contributed by atoms with Gasteiger partial charge >= 0.3 is 0 Å². The molecule has 1 aromatic carbocycles. The second-order valence-electron chi connectivity index (χ2n) is 5.57. The summed E-state index contributed by atoms with van der Waals surface area (Å²) in [6.07, 6.45) is 3.88. The van der Waals surface area contributed by atoms with E-state index >= 15 is 0 Å². The third-order valence-corrected chi connectivity index (χ3v) is 3.88. The van der Waals surface area contributed by atoms with Crippen LogP contribution in [0.4, 0.5) is 0 Å². The first-order valence-corrected chi connectivity index (χ1v) is 7.42. The van der Waals surface area contributed by atoms with Crippen molar-refractivity contribution in [3.63, 3.8) is 0 Å². The Labute approximate surface area is 127 Å². The van der Waals surface area contributed by atoms with Crippen LogP contribution in [0.25, 0.3) is 11.0 Å². The number of imidazole rings is 1. The van der Waals surface area contributed by atoms with Gasteiger partial charge in [-0.2, -0.15) is 0 Å². The van der Waals surface area contributed by atoms with Gasteiger partial charge in [0.05, 0.1) is 23.8 Å². The number of carbonyl (C=O) groups excluding carboxylic acids is 1. The minimum Gasteiger partial charge on any atom is -0.360 e.